The van der Waals surface area contributed by atoms with Crippen molar-refractivity contribution < 1.29 is 9.53 Å². The summed E-state index contributed by atoms with van der Waals surface area (Å²) in [5.41, 5.74) is 2.95. The van der Waals surface area contributed by atoms with Crippen LogP contribution in [0.1, 0.15) is 18.4 Å². The monoisotopic (exact) mass is 389 g/mol. The van der Waals surface area contributed by atoms with Gasteiger partial charge in [0.15, 0.2) is 5.65 Å². The molecule has 0 saturated carbocycles. The number of amides is 1. The molecular formula is C22H23N5O2. The van der Waals surface area contributed by atoms with E-state index >= 15 is 0 Å². The summed E-state index contributed by atoms with van der Waals surface area (Å²) in [6, 6.07) is 11.9. The van der Waals surface area contributed by atoms with E-state index < -0.39 is 0 Å². The number of aromatic amines is 1. The maximum Gasteiger partial charge on any atom is 0.231 e. The number of H-pyrrole nitrogens is 1. The van der Waals surface area contributed by atoms with Crippen molar-refractivity contribution in [2.45, 2.75) is 19.3 Å². The molecule has 1 aromatic carbocycles. The lowest BCUT2D eigenvalue weighted by molar-refractivity contribution is -0.132. The highest BCUT2D eigenvalue weighted by molar-refractivity contribution is 5.88. The second kappa shape index (κ2) is 7.58. The van der Waals surface area contributed by atoms with Crippen LogP contribution in [0.25, 0.3) is 16.6 Å². The number of imidazole rings is 1. The van der Waals surface area contributed by atoms with Crippen LogP contribution in [0.2, 0.25) is 0 Å². The van der Waals surface area contributed by atoms with Crippen LogP contribution in [0.3, 0.4) is 0 Å². The molecule has 0 atom stereocenters. The van der Waals surface area contributed by atoms with Crippen molar-refractivity contribution in [3.8, 4) is 5.88 Å². The molecule has 1 N–H and O–H groups in total. The van der Waals surface area contributed by atoms with Crippen LogP contribution in [0.15, 0.2) is 55.0 Å². The SMILES string of the molecule is O=C(Cc1c[nH]c2ccccc12)N1CCC(COc2ccc3nccn3n2)CC1. The van der Waals surface area contributed by atoms with Gasteiger partial charge in [0.05, 0.1) is 13.0 Å². The number of rotatable bonds is 5. The number of hydrogen-bond donors (Lipinski definition) is 1. The van der Waals surface area contributed by atoms with Gasteiger partial charge in [0.1, 0.15) is 0 Å². The van der Waals surface area contributed by atoms with Crippen molar-refractivity contribution in [3.63, 3.8) is 0 Å². The first-order valence-electron chi connectivity index (χ1n) is 10.0. The molecule has 3 aromatic heterocycles. The minimum Gasteiger partial charge on any atom is -0.476 e. The molecule has 148 valence electrons. The molecular weight excluding hydrogens is 366 g/mol. The molecule has 0 radical (unpaired) electrons. The highest BCUT2D eigenvalue weighted by Crippen LogP contribution is 2.22. The number of piperidine rings is 1. The van der Waals surface area contributed by atoms with Gasteiger partial charge in [0, 0.05) is 48.6 Å². The molecule has 1 aliphatic rings. The summed E-state index contributed by atoms with van der Waals surface area (Å²) in [4.78, 5) is 22.2. The molecule has 1 fully saturated rings. The van der Waals surface area contributed by atoms with Crippen molar-refractivity contribution >= 4 is 22.5 Å². The molecule has 1 aliphatic heterocycles. The van der Waals surface area contributed by atoms with Crippen LogP contribution in [0.4, 0.5) is 0 Å². The lowest BCUT2D eigenvalue weighted by Gasteiger charge is -2.31. The van der Waals surface area contributed by atoms with Gasteiger partial charge in [-0.05, 0) is 36.5 Å². The number of fused-ring (bicyclic) bond motifs is 2. The number of nitrogens with one attached hydrogen (secondary N) is 1. The van der Waals surface area contributed by atoms with Gasteiger partial charge in [-0.25, -0.2) is 9.50 Å². The lowest BCUT2D eigenvalue weighted by Crippen LogP contribution is -2.40. The molecule has 0 aliphatic carbocycles. The smallest absolute Gasteiger partial charge is 0.231 e. The highest BCUT2D eigenvalue weighted by atomic mass is 16.5. The number of hydrogen-bond acceptors (Lipinski definition) is 4. The topological polar surface area (TPSA) is 75.5 Å². The fraction of sp³-hybridized carbons (Fsp3) is 0.318. The lowest BCUT2D eigenvalue weighted by atomic mass is 9.97. The van der Waals surface area contributed by atoms with Crippen molar-refractivity contribution in [1.82, 2.24) is 24.5 Å². The van der Waals surface area contributed by atoms with Crippen LogP contribution in [0.5, 0.6) is 5.88 Å². The Balaban J connectivity index is 1.13. The van der Waals surface area contributed by atoms with Gasteiger partial charge < -0.3 is 14.6 Å². The number of likely N-dealkylation sites (tertiary alicyclic amines) is 1. The minimum atomic E-state index is 0.196. The highest BCUT2D eigenvalue weighted by Gasteiger charge is 2.24. The van der Waals surface area contributed by atoms with Crippen LogP contribution in [-0.4, -0.2) is 50.1 Å². The fourth-order valence-electron chi connectivity index (χ4n) is 3.98. The Morgan fingerprint density at radius 2 is 2.03 bits per heavy atom. The number of carbonyl (C=O) groups excluding carboxylic acids is 1. The maximum absolute atomic E-state index is 12.8. The Kier molecular flexibility index (Phi) is 4.63. The Morgan fingerprint density at radius 1 is 1.17 bits per heavy atom. The molecule has 0 unspecified atom stereocenters. The first-order valence-corrected chi connectivity index (χ1v) is 10.0. The average molecular weight is 389 g/mol. The number of carbonyl (C=O) groups is 1. The van der Waals surface area contributed by atoms with Crippen LogP contribution >= 0.6 is 0 Å². The molecule has 0 spiro atoms. The molecule has 4 heterocycles. The molecule has 4 aromatic rings. The second-order valence-corrected chi connectivity index (χ2v) is 7.57. The fourth-order valence-corrected chi connectivity index (χ4v) is 3.98. The predicted molar refractivity (Wildman–Crippen MR) is 110 cm³/mol. The average Bonchev–Trinajstić information content (AvgIpc) is 3.39. The van der Waals surface area contributed by atoms with Crippen molar-refractivity contribution in [3.05, 3.63) is 60.6 Å². The summed E-state index contributed by atoms with van der Waals surface area (Å²) in [6.45, 7) is 2.18. The zero-order valence-electron chi connectivity index (χ0n) is 16.1. The summed E-state index contributed by atoms with van der Waals surface area (Å²) in [5.74, 6) is 1.24. The summed E-state index contributed by atoms with van der Waals surface area (Å²) >= 11 is 0. The Hall–Kier alpha value is -3.35. The molecule has 1 amide bonds. The summed E-state index contributed by atoms with van der Waals surface area (Å²) in [6.07, 6.45) is 7.82. The minimum absolute atomic E-state index is 0.196. The van der Waals surface area contributed by atoms with Crippen molar-refractivity contribution in [2.24, 2.45) is 5.92 Å². The van der Waals surface area contributed by atoms with E-state index in [0.29, 0.717) is 24.8 Å². The number of nitrogens with zero attached hydrogens (tertiary/aromatic N) is 4. The predicted octanol–water partition coefficient (Wildman–Crippen LogP) is 3.07. The molecule has 7 nitrogen and oxygen atoms in total. The van der Waals surface area contributed by atoms with Gasteiger partial charge in [0.2, 0.25) is 11.8 Å². The van der Waals surface area contributed by atoms with E-state index in [1.165, 1.54) is 0 Å². The Morgan fingerprint density at radius 3 is 2.93 bits per heavy atom. The number of para-hydroxylation sites is 1. The number of benzene rings is 1. The summed E-state index contributed by atoms with van der Waals surface area (Å²) in [7, 11) is 0. The summed E-state index contributed by atoms with van der Waals surface area (Å²) in [5, 5.41) is 5.52. The second-order valence-electron chi connectivity index (χ2n) is 7.57. The van der Waals surface area contributed by atoms with E-state index in [9.17, 15) is 4.79 Å². The third-order valence-corrected chi connectivity index (χ3v) is 5.68. The van der Waals surface area contributed by atoms with E-state index in [-0.39, 0.29) is 5.91 Å². The maximum atomic E-state index is 12.8. The molecule has 7 heteroatoms. The van der Waals surface area contributed by atoms with E-state index in [4.69, 9.17) is 4.74 Å². The van der Waals surface area contributed by atoms with E-state index in [0.717, 1.165) is 48.0 Å². The van der Waals surface area contributed by atoms with Crippen LogP contribution < -0.4 is 4.74 Å². The first-order chi connectivity index (χ1) is 14.3. The van der Waals surface area contributed by atoms with Crippen LogP contribution in [-0.2, 0) is 11.2 Å². The third kappa shape index (κ3) is 3.68. The van der Waals surface area contributed by atoms with Gasteiger partial charge in [-0.15, -0.1) is 5.10 Å². The molecule has 0 bridgehead atoms. The van der Waals surface area contributed by atoms with Crippen molar-refractivity contribution in [2.75, 3.05) is 19.7 Å². The quantitative estimate of drug-likeness (QED) is 0.569. The zero-order chi connectivity index (χ0) is 19.6. The largest absolute Gasteiger partial charge is 0.476 e. The van der Waals surface area contributed by atoms with Gasteiger partial charge in [-0.3, -0.25) is 4.79 Å². The Labute approximate surface area is 168 Å². The van der Waals surface area contributed by atoms with E-state index in [2.05, 4.69) is 21.1 Å². The number of aromatic nitrogens is 4. The zero-order valence-corrected chi connectivity index (χ0v) is 16.1. The summed E-state index contributed by atoms with van der Waals surface area (Å²) < 4.78 is 7.59. The van der Waals surface area contributed by atoms with Crippen molar-refractivity contribution in [1.29, 1.82) is 0 Å². The van der Waals surface area contributed by atoms with Crippen LogP contribution in [0, 0.1) is 5.92 Å². The third-order valence-electron chi connectivity index (χ3n) is 5.68. The van der Waals surface area contributed by atoms with Gasteiger partial charge in [0.25, 0.3) is 0 Å². The van der Waals surface area contributed by atoms with Gasteiger partial charge >= 0.3 is 0 Å². The van der Waals surface area contributed by atoms with E-state index in [1.807, 2.05) is 41.4 Å². The molecule has 5 rings (SSSR count). The van der Waals surface area contributed by atoms with Gasteiger partial charge in [-0.1, -0.05) is 18.2 Å². The molecule has 29 heavy (non-hydrogen) atoms. The Bertz CT molecular complexity index is 1140. The molecule has 1 saturated heterocycles. The normalized spacial score (nSPS) is 15.2. The standard InChI is InChI=1S/C22H23N5O2/c28-22(13-17-14-24-19-4-2-1-3-18(17)19)26-10-7-16(8-11-26)15-29-21-6-5-20-23-9-12-27(20)25-21/h1-6,9,12,14,16,24H,7-8,10-11,13,15H2. The number of ether oxygens (including phenoxy) is 1. The van der Waals surface area contributed by atoms with E-state index in [1.54, 1.807) is 16.9 Å². The first kappa shape index (κ1) is 17.7. The van der Waals surface area contributed by atoms with Gasteiger partial charge in [-0.2, -0.15) is 0 Å².